The summed E-state index contributed by atoms with van der Waals surface area (Å²) in [5.41, 5.74) is 1.42. The Morgan fingerprint density at radius 2 is 2.15 bits per heavy atom. The molecular weight excluding hydrogens is 314 g/mol. The van der Waals surface area contributed by atoms with Gasteiger partial charge in [0, 0.05) is 30.9 Å². The minimum Gasteiger partial charge on any atom is -0.351 e. The average Bonchev–Trinajstić information content (AvgIpc) is 2.39. The Morgan fingerprint density at radius 1 is 1.40 bits per heavy atom. The van der Waals surface area contributed by atoms with Crippen LogP contribution in [0.2, 0.25) is 0 Å². The van der Waals surface area contributed by atoms with E-state index in [1.165, 1.54) is 24.8 Å². The predicted octanol–water partition coefficient (Wildman–Crippen LogP) is 3.90. The van der Waals surface area contributed by atoms with Crippen molar-refractivity contribution in [2.24, 2.45) is 0 Å². The molecule has 112 valence electrons. The summed E-state index contributed by atoms with van der Waals surface area (Å²) in [6, 6.07) is 2.59. The van der Waals surface area contributed by atoms with Crippen LogP contribution in [0.3, 0.4) is 0 Å². The van der Waals surface area contributed by atoms with Gasteiger partial charge in [-0.15, -0.1) is 0 Å². The number of aryl methyl sites for hydroxylation is 1. The summed E-state index contributed by atoms with van der Waals surface area (Å²) >= 11 is 3.71. The zero-order valence-corrected chi connectivity index (χ0v) is 14.6. The Morgan fingerprint density at radius 3 is 2.85 bits per heavy atom. The first-order chi connectivity index (χ1) is 9.38. The molecule has 1 atom stereocenters. The SMILES string of the molecule is Cc1ccnc(N2CCCCC2CNC(C)(C)C)c1Br. The Balaban J connectivity index is 2.16. The van der Waals surface area contributed by atoms with E-state index in [0.717, 1.165) is 23.4 Å². The van der Waals surface area contributed by atoms with Gasteiger partial charge in [0.05, 0.1) is 4.47 Å². The number of pyridine rings is 1. The molecule has 1 fully saturated rings. The van der Waals surface area contributed by atoms with Crippen molar-refractivity contribution in [3.05, 3.63) is 22.3 Å². The molecule has 1 aromatic rings. The molecule has 0 saturated carbocycles. The maximum Gasteiger partial charge on any atom is 0.143 e. The normalized spacial score (nSPS) is 20.2. The molecule has 2 heterocycles. The highest BCUT2D eigenvalue weighted by Gasteiger charge is 2.26. The van der Waals surface area contributed by atoms with Gasteiger partial charge in [0.1, 0.15) is 5.82 Å². The van der Waals surface area contributed by atoms with Crippen molar-refractivity contribution in [2.45, 2.75) is 58.5 Å². The Bertz CT molecular complexity index is 454. The Labute approximate surface area is 131 Å². The van der Waals surface area contributed by atoms with Crippen molar-refractivity contribution in [3.8, 4) is 0 Å². The molecule has 1 saturated heterocycles. The van der Waals surface area contributed by atoms with Crippen LogP contribution in [0.4, 0.5) is 5.82 Å². The Kier molecular flexibility index (Phi) is 5.08. The van der Waals surface area contributed by atoms with Gasteiger partial charge in [-0.25, -0.2) is 4.98 Å². The maximum atomic E-state index is 4.61. The first-order valence-electron chi connectivity index (χ1n) is 7.51. The quantitative estimate of drug-likeness (QED) is 0.905. The molecule has 4 heteroatoms. The van der Waals surface area contributed by atoms with E-state index >= 15 is 0 Å². The van der Waals surface area contributed by atoms with E-state index in [4.69, 9.17) is 0 Å². The second-order valence-corrected chi connectivity index (χ2v) is 7.53. The summed E-state index contributed by atoms with van der Waals surface area (Å²) < 4.78 is 1.14. The van der Waals surface area contributed by atoms with Crippen LogP contribution >= 0.6 is 15.9 Å². The molecule has 1 unspecified atom stereocenters. The molecule has 1 aliphatic rings. The van der Waals surface area contributed by atoms with Gasteiger partial charge in [-0.05, 0) is 74.5 Å². The molecule has 20 heavy (non-hydrogen) atoms. The number of aromatic nitrogens is 1. The van der Waals surface area contributed by atoms with Crippen molar-refractivity contribution in [2.75, 3.05) is 18.0 Å². The molecule has 3 nitrogen and oxygen atoms in total. The van der Waals surface area contributed by atoms with Crippen molar-refractivity contribution < 1.29 is 0 Å². The fraction of sp³-hybridized carbons (Fsp3) is 0.688. The lowest BCUT2D eigenvalue weighted by Crippen LogP contribution is -2.50. The van der Waals surface area contributed by atoms with Crippen molar-refractivity contribution in [3.63, 3.8) is 0 Å². The number of piperidine rings is 1. The molecule has 1 aromatic heterocycles. The maximum absolute atomic E-state index is 4.61. The van der Waals surface area contributed by atoms with Gasteiger partial charge in [-0.1, -0.05) is 0 Å². The third-order valence-electron chi connectivity index (χ3n) is 3.83. The topological polar surface area (TPSA) is 28.2 Å². The van der Waals surface area contributed by atoms with Crippen LogP contribution in [0, 0.1) is 6.92 Å². The van der Waals surface area contributed by atoms with Gasteiger partial charge >= 0.3 is 0 Å². The van der Waals surface area contributed by atoms with E-state index in [1.807, 2.05) is 6.20 Å². The van der Waals surface area contributed by atoms with Gasteiger partial charge < -0.3 is 10.2 Å². The molecule has 0 aromatic carbocycles. The monoisotopic (exact) mass is 339 g/mol. The number of hydrogen-bond acceptors (Lipinski definition) is 3. The number of anilines is 1. The first kappa shape index (κ1) is 15.8. The standard InChI is InChI=1S/C16H26BrN3/c1-12-8-9-18-15(14(12)17)20-10-6-5-7-13(20)11-19-16(2,3)4/h8-9,13,19H,5-7,10-11H2,1-4H3. The highest BCUT2D eigenvalue weighted by Crippen LogP contribution is 2.31. The van der Waals surface area contributed by atoms with Gasteiger partial charge in [-0.3, -0.25) is 0 Å². The largest absolute Gasteiger partial charge is 0.351 e. The lowest BCUT2D eigenvalue weighted by atomic mass is 10.00. The van der Waals surface area contributed by atoms with Crippen molar-refractivity contribution in [1.82, 2.24) is 10.3 Å². The molecule has 0 radical (unpaired) electrons. The van der Waals surface area contributed by atoms with Crippen molar-refractivity contribution in [1.29, 1.82) is 0 Å². The van der Waals surface area contributed by atoms with E-state index in [9.17, 15) is 0 Å². The van der Waals surface area contributed by atoms with Crippen LogP contribution < -0.4 is 10.2 Å². The summed E-state index contributed by atoms with van der Waals surface area (Å²) in [5, 5.41) is 3.64. The minimum atomic E-state index is 0.167. The van der Waals surface area contributed by atoms with Crippen LogP contribution in [-0.4, -0.2) is 29.7 Å². The summed E-state index contributed by atoms with van der Waals surface area (Å²) in [6.45, 7) is 10.9. The van der Waals surface area contributed by atoms with Gasteiger partial charge in [-0.2, -0.15) is 0 Å². The number of halogens is 1. The van der Waals surface area contributed by atoms with Crippen LogP contribution in [0.5, 0.6) is 0 Å². The summed E-state index contributed by atoms with van der Waals surface area (Å²) in [4.78, 5) is 7.08. The highest BCUT2D eigenvalue weighted by atomic mass is 79.9. The van der Waals surface area contributed by atoms with Crippen molar-refractivity contribution >= 4 is 21.7 Å². The van der Waals surface area contributed by atoms with Crippen LogP contribution in [0.1, 0.15) is 45.6 Å². The number of rotatable bonds is 3. The van der Waals surface area contributed by atoms with E-state index < -0.39 is 0 Å². The lowest BCUT2D eigenvalue weighted by Gasteiger charge is -2.39. The fourth-order valence-electron chi connectivity index (χ4n) is 2.64. The third kappa shape index (κ3) is 3.95. The molecule has 0 amide bonds. The average molecular weight is 340 g/mol. The van der Waals surface area contributed by atoms with Gasteiger partial charge in [0.25, 0.3) is 0 Å². The molecule has 2 rings (SSSR count). The minimum absolute atomic E-state index is 0.167. The third-order valence-corrected chi connectivity index (χ3v) is 4.81. The van der Waals surface area contributed by atoms with Gasteiger partial charge in [0.2, 0.25) is 0 Å². The number of nitrogens with zero attached hydrogens (tertiary/aromatic N) is 2. The van der Waals surface area contributed by atoms with Gasteiger partial charge in [0.15, 0.2) is 0 Å². The van der Waals surface area contributed by atoms with E-state index in [1.54, 1.807) is 0 Å². The number of nitrogens with one attached hydrogen (secondary N) is 1. The second kappa shape index (κ2) is 6.44. The number of hydrogen-bond donors (Lipinski definition) is 1. The summed E-state index contributed by atoms with van der Waals surface area (Å²) in [5.74, 6) is 1.10. The van der Waals surface area contributed by atoms with Crippen LogP contribution in [0.25, 0.3) is 0 Å². The smallest absolute Gasteiger partial charge is 0.143 e. The van der Waals surface area contributed by atoms with Crippen LogP contribution in [0.15, 0.2) is 16.7 Å². The molecule has 0 aliphatic carbocycles. The summed E-state index contributed by atoms with van der Waals surface area (Å²) in [7, 11) is 0. The Hall–Kier alpha value is -0.610. The molecule has 0 spiro atoms. The molecule has 1 N–H and O–H groups in total. The fourth-order valence-corrected chi connectivity index (χ4v) is 3.10. The molecule has 0 bridgehead atoms. The second-order valence-electron chi connectivity index (χ2n) is 6.74. The predicted molar refractivity (Wildman–Crippen MR) is 89.4 cm³/mol. The molecular formula is C16H26BrN3. The van der Waals surface area contributed by atoms with E-state index in [0.29, 0.717) is 6.04 Å². The summed E-state index contributed by atoms with van der Waals surface area (Å²) in [6.07, 6.45) is 5.73. The van der Waals surface area contributed by atoms with E-state index in [-0.39, 0.29) is 5.54 Å². The zero-order valence-electron chi connectivity index (χ0n) is 13.0. The van der Waals surface area contributed by atoms with Crippen LogP contribution in [-0.2, 0) is 0 Å². The lowest BCUT2D eigenvalue weighted by molar-refractivity contribution is 0.365. The molecule has 1 aliphatic heterocycles. The highest BCUT2D eigenvalue weighted by molar-refractivity contribution is 9.10. The first-order valence-corrected chi connectivity index (χ1v) is 8.30. The zero-order chi connectivity index (χ0) is 14.8. The van der Waals surface area contributed by atoms with E-state index in [2.05, 4.69) is 64.9 Å².